The number of aliphatic hydroxyl groups is 2. The molecule has 4 rings (SSSR count). The third-order valence-corrected chi connectivity index (χ3v) is 10.8. The third-order valence-electron chi connectivity index (χ3n) is 10.8. The van der Waals surface area contributed by atoms with Crippen molar-refractivity contribution in [3.63, 3.8) is 0 Å². The topological polar surface area (TPSA) is 198 Å². The molecule has 10 atom stereocenters. The fourth-order valence-corrected chi connectivity index (χ4v) is 8.78. The number of aliphatic hydroxyl groups excluding tert-OH is 1. The van der Waals surface area contributed by atoms with Gasteiger partial charge in [0.05, 0.1) is 34.7 Å². The van der Waals surface area contributed by atoms with E-state index in [0.717, 1.165) is 13.8 Å². The maximum Gasteiger partial charge on any atom is 0.338 e. The number of rotatable bonds is 9. The Hall–Kier alpha value is -4.30. The number of carbonyl (C=O) groups excluding carboxylic acids is 6. The molecule has 14 nitrogen and oxygen atoms in total. The maximum absolute atomic E-state index is 14.0. The van der Waals surface area contributed by atoms with E-state index >= 15 is 0 Å². The summed E-state index contributed by atoms with van der Waals surface area (Å²) in [7, 11) is 0. The lowest BCUT2D eigenvalue weighted by Gasteiger charge is -2.57. The van der Waals surface area contributed by atoms with Crippen LogP contribution in [0.3, 0.4) is 0 Å². The molecule has 1 aromatic carbocycles. The third kappa shape index (κ3) is 7.39. The standard InChI is InChI=1S/C37H48O14/c1-18-27(48-21(4)40)16-37(35(7,8)45)29(18)31(50-23(6)42)33(51-34(44)24-13-11-10-12-14-24)36(9)28(49-22(5)41)15-26(47-20(3)39)25(17-46-19(2)38)30(36)32(37)43/h10-14,25-28,30-33,43,45H,15-17H2,1-9H3/t25-,26+,27+,28+,30+,31-,32+,33+,36-,37+/m1/s1. The van der Waals surface area contributed by atoms with Gasteiger partial charge in [0.1, 0.15) is 18.3 Å². The minimum atomic E-state index is -1.88. The smallest absolute Gasteiger partial charge is 0.338 e. The lowest BCUT2D eigenvalue weighted by Crippen LogP contribution is -2.66. The number of ether oxygens (including phenoxy) is 6. The van der Waals surface area contributed by atoms with Gasteiger partial charge in [-0.15, -0.1) is 0 Å². The Balaban J connectivity index is 2.18. The van der Waals surface area contributed by atoms with Crippen molar-refractivity contribution in [2.24, 2.45) is 22.7 Å². The summed E-state index contributed by atoms with van der Waals surface area (Å²) in [5.41, 5.74) is -4.80. The lowest BCUT2D eigenvalue weighted by molar-refractivity contribution is -0.240. The number of fused-ring (bicyclic) bond motifs is 2. The van der Waals surface area contributed by atoms with Crippen molar-refractivity contribution in [3.8, 4) is 0 Å². The first-order valence-corrected chi connectivity index (χ1v) is 16.9. The second kappa shape index (κ2) is 14.7. The van der Waals surface area contributed by atoms with Crippen LogP contribution in [0, 0.1) is 22.7 Å². The van der Waals surface area contributed by atoms with Crippen LogP contribution in [0.2, 0.25) is 0 Å². The van der Waals surface area contributed by atoms with Crippen molar-refractivity contribution < 1.29 is 67.4 Å². The van der Waals surface area contributed by atoms with Gasteiger partial charge in [0.2, 0.25) is 0 Å². The van der Waals surface area contributed by atoms with Gasteiger partial charge in [-0.05, 0) is 44.1 Å². The normalized spacial score (nSPS) is 33.1. The molecule has 0 bridgehead atoms. The van der Waals surface area contributed by atoms with Crippen LogP contribution in [0.5, 0.6) is 0 Å². The van der Waals surface area contributed by atoms with Crippen molar-refractivity contribution in [2.45, 2.75) is 117 Å². The van der Waals surface area contributed by atoms with Gasteiger partial charge in [-0.3, -0.25) is 24.0 Å². The molecule has 0 radical (unpaired) electrons. The van der Waals surface area contributed by atoms with Gasteiger partial charge in [-0.2, -0.15) is 0 Å². The Bertz CT molecular complexity index is 1580. The van der Waals surface area contributed by atoms with Crippen LogP contribution in [0.1, 0.15) is 85.5 Å². The summed E-state index contributed by atoms with van der Waals surface area (Å²) < 4.78 is 35.3. The van der Waals surface area contributed by atoms with Crippen LogP contribution in [-0.2, 0) is 52.4 Å². The first-order chi connectivity index (χ1) is 23.7. The van der Waals surface area contributed by atoms with E-state index in [4.69, 9.17) is 28.4 Å². The molecule has 0 spiro atoms. The van der Waals surface area contributed by atoms with Gasteiger partial charge in [-0.1, -0.05) is 25.1 Å². The number of esters is 6. The van der Waals surface area contributed by atoms with E-state index in [1.165, 1.54) is 46.8 Å². The van der Waals surface area contributed by atoms with E-state index in [1.54, 1.807) is 32.0 Å². The summed E-state index contributed by atoms with van der Waals surface area (Å²) in [4.78, 5) is 77.1. The monoisotopic (exact) mass is 716 g/mol. The van der Waals surface area contributed by atoms with E-state index in [2.05, 4.69) is 0 Å². The zero-order valence-corrected chi connectivity index (χ0v) is 30.4. The largest absolute Gasteiger partial charge is 0.465 e. The summed E-state index contributed by atoms with van der Waals surface area (Å²) in [5.74, 6) is -6.83. The van der Waals surface area contributed by atoms with E-state index < -0.39 is 107 Å². The van der Waals surface area contributed by atoms with Gasteiger partial charge in [-0.25, -0.2) is 4.79 Å². The zero-order chi connectivity index (χ0) is 38.2. The molecule has 2 saturated carbocycles. The summed E-state index contributed by atoms with van der Waals surface area (Å²) in [6.07, 6.45) is -8.68. The average Bonchev–Trinajstić information content (AvgIpc) is 3.27. The van der Waals surface area contributed by atoms with Crippen LogP contribution >= 0.6 is 0 Å². The Morgan fingerprint density at radius 1 is 0.824 bits per heavy atom. The molecule has 0 aromatic heterocycles. The molecular weight excluding hydrogens is 668 g/mol. The van der Waals surface area contributed by atoms with Crippen molar-refractivity contribution >= 4 is 35.8 Å². The highest BCUT2D eigenvalue weighted by Crippen LogP contribution is 2.66. The van der Waals surface area contributed by atoms with Crippen molar-refractivity contribution in [1.29, 1.82) is 0 Å². The van der Waals surface area contributed by atoms with Gasteiger partial charge in [0.25, 0.3) is 0 Å². The van der Waals surface area contributed by atoms with Crippen LogP contribution < -0.4 is 0 Å². The quantitative estimate of drug-likeness (QED) is 0.215. The van der Waals surface area contributed by atoms with Gasteiger partial charge in [0.15, 0.2) is 12.2 Å². The van der Waals surface area contributed by atoms with Crippen LogP contribution in [0.15, 0.2) is 41.5 Å². The Kier molecular flexibility index (Phi) is 11.4. The van der Waals surface area contributed by atoms with Gasteiger partial charge < -0.3 is 38.6 Å². The minimum absolute atomic E-state index is 0.127. The summed E-state index contributed by atoms with van der Waals surface area (Å²) >= 11 is 0. The first-order valence-electron chi connectivity index (χ1n) is 16.9. The summed E-state index contributed by atoms with van der Waals surface area (Å²) in [6, 6.07) is 7.96. The molecule has 3 aliphatic carbocycles. The van der Waals surface area contributed by atoms with Crippen LogP contribution in [0.4, 0.5) is 0 Å². The second-order valence-corrected chi connectivity index (χ2v) is 14.4. The molecule has 3 aliphatic rings. The van der Waals surface area contributed by atoms with E-state index in [9.17, 15) is 39.0 Å². The molecule has 0 amide bonds. The van der Waals surface area contributed by atoms with Gasteiger partial charge >= 0.3 is 35.8 Å². The van der Waals surface area contributed by atoms with Crippen molar-refractivity contribution in [3.05, 3.63) is 47.0 Å². The number of hydrogen-bond acceptors (Lipinski definition) is 14. The van der Waals surface area contributed by atoms with Crippen molar-refractivity contribution in [1.82, 2.24) is 0 Å². The molecule has 51 heavy (non-hydrogen) atoms. The molecule has 280 valence electrons. The number of hydrogen-bond donors (Lipinski definition) is 2. The number of carbonyl (C=O) groups is 6. The fraction of sp³-hybridized carbons (Fsp3) is 0.622. The molecular formula is C37H48O14. The molecule has 0 unspecified atom stereocenters. The predicted octanol–water partition coefficient (Wildman–Crippen LogP) is 3.00. The Morgan fingerprint density at radius 2 is 1.39 bits per heavy atom. The second-order valence-electron chi connectivity index (χ2n) is 14.4. The van der Waals surface area contributed by atoms with Crippen LogP contribution in [-0.4, -0.2) is 94.9 Å². The lowest BCUT2D eigenvalue weighted by atomic mass is 9.52. The molecule has 2 fully saturated rings. The zero-order valence-electron chi connectivity index (χ0n) is 30.4. The molecule has 0 heterocycles. The van der Waals surface area contributed by atoms with E-state index in [-0.39, 0.29) is 24.0 Å². The maximum atomic E-state index is 14.0. The first kappa shape index (κ1) is 39.5. The van der Waals surface area contributed by atoms with E-state index in [0.29, 0.717) is 5.57 Å². The van der Waals surface area contributed by atoms with Gasteiger partial charge in [0, 0.05) is 59.3 Å². The molecule has 2 N–H and O–H groups in total. The molecule has 0 aliphatic heterocycles. The highest BCUT2D eigenvalue weighted by atomic mass is 16.6. The SMILES string of the molecule is CC(=O)OC[C@H]1[C@H]2[C@H](O)[C@]3(C(C)(C)O)C[C@H](OC(C)=O)C(C)=C3[C@@H](OC(C)=O)[C@H](OC(=O)c3ccccc3)[C@]2(C)[C@@H](OC(C)=O)C[C@@H]1OC(C)=O. The average molecular weight is 717 g/mol. The predicted molar refractivity (Wildman–Crippen MR) is 176 cm³/mol. The van der Waals surface area contributed by atoms with Crippen LogP contribution in [0.25, 0.3) is 0 Å². The minimum Gasteiger partial charge on any atom is -0.465 e. The number of benzene rings is 1. The molecule has 0 saturated heterocycles. The molecule has 14 heteroatoms. The fourth-order valence-electron chi connectivity index (χ4n) is 8.78. The molecule has 1 aromatic rings. The highest BCUT2D eigenvalue weighted by Gasteiger charge is 2.74. The highest BCUT2D eigenvalue weighted by molar-refractivity contribution is 5.89. The Labute approximate surface area is 296 Å². The summed E-state index contributed by atoms with van der Waals surface area (Å²) in [6.45, 7) is 11.5. The Morgan fingerprint density at radius 3 is 1.90 bits per heavy atom. The summed E-state index contributed by atoms with van der Waals surface area (Å²) in [5, 5.41) is 25.3. The van der Waals surface area contributed by atoms with Crippen molar-refractivity contribution in [2.75, 3.05) is 6.61 Å². The van der Waals surface area contributed by atoms with E-state index in [1.807, 2.05) is 0 Å².